The molecule has 1 rings (SSSR count). The zero-order chi connectivity index (χ0) is 10.7. The summed E-state index contributed by atoms with van der Waals surface area (Å²) in [5, 5.41) is 24.0. The van der Waals surface area contributed by atoms with Gasteiger partial charge < -0.3 is 15.5 Å². The molecule has 0 aromatic carbocycles. The Morgan fingerprint density at radius 1 is 1.57 bits per heavy atom. The number of nitrogens with one attached hydrogen (secondary N) is 1. The molecule has 1 aromatic rings. The molecule has 0 spiro atoms. The molecular formula is C8H13N3O3. The molecule has 0 aliphatic carbocycles. The Kier molecular flexibility index (Phi) is 2.95. The van der Waals surface area contributed by atoms with Crippen molar-refractivity contribution in [3.8, 4) is 5.75 Å². The van der Waals surface area contributed by atoms with E-state index in [9.17, 15) is 9.90 Å². The summed E-state index contributed by atoms with van der Waals surface area (Å²) in [6, 6.07) is 0. The molecule has 6 heteroatoms. The van der Waals surface area contributed by atoms with Crippen molar-refractivity contribution in [2.45, 2.75) is 20.4 Å². The second-order valence-electron chi connectivity index (χ2n) is 2.97. The third-order valence-corrected chi connectivity index (χ3v) is 1.94. The zero-order valence-corrected chi connectivity index (χ0v) is 8.11. The highest BCUT2D eigenvalue weighted by molar-refractivity contribution is 5.64. The summed E-state index contributed by atoms with van der Waals surface area (Å²) < 4.78 is 1.57. The van der Waals surface area contributed by atoms with E-state index in [0.717, 1.165) is 0 Å². The number of hydrogen-bond donors (Lipinski definition) is 3. The fraction of sp³-hybridized carbons (Fsp3) is 0.500. The normalized spacial score (nSPS) is 10.1. The molecule has 0 radical (unpaired) electrons. The van der Waals surface area contributed by atoms with Crippen molar-refractivity contribution < 1.29 is 15.0 Å². The van der Waals surface area contributed by atoms with E-state index >= 15 is 0 Å². The maximum absolute atomic E-state index is 10.2. The first-order valence-electron chi connectivity index (χ1n) is 4.22. The summed E-state index contributed by atoms with van der Waals surface area (Å²) in [5.74, 6) is 0.167. The Bertz CT molecular complexity index is 346. The van der Waals surface area contributed by atoms with Crippen molar-refractivity contribution in [3.05, 3.63) is 11.4 Å². The van der Waals surface area contributed by atoms with E-state index in [1.165, 1.54) is 0 Å². The van der Waals surface area contributed by atoms with Crippen LogP contribution in [0.5, 0.6) is 5.75 Å². The summed E-state index contributed by atoms with van der Waals surface area (Å²) >= 11 is 0. The topological polar surface area (TPSA) is 87.4 Å². The summed E-state index contributed by atoms with van der Waals surface area (Å²) in [5.41, 5.74) is 1.20. The SMILES string of the molecule is Cc1nn(CCNC(=O)O)c(C)c1O. The Balaban J connectivity index is 2.59. The molecule has 0 unspecified atom stereocenters. The molecule has 0 bridgehead atoms. The van der Waals surface area contributed by atoms with Crippen LogP contribution in [-0.4, -0.2) is 32.6 Å². The molecule has 0 aliphatic rings. The summed E-state index contributed by atoms with van der Waals surface area (Å²) in [6.45, 7) is 4.12. The van der Waals surface area contributed by atoms with Gasteiger partial charge in [-0.15, -0.1) is 0 Å². The van der Waals surface area contributed by atoms with Gasteiger partial charge in [0.1, 0.15) is 5.69 Å². The highest BCUT2D eigenvalue weighted by atomic mass is 16.4. The quantitative estimate of drug-likeness (QED) is 0.660. The van der Waals surface area contributed by atoms with Crippen molar-refractivity contribution >= 4 is 6.09 Å². The molecule has 0 atom stereocenters. The summed E-state index contributed by atoms with van der Waals surface area (Å²) in [7, 11) is 0. The average Bonchev–Trinajstić information content (AvgIpc) is 2.33. The van der Waals surface area contributed by atoms with E-state index in [1.807, 2.05) is 0 Å². The second kappa shape index (κ2) is 3.99. The van der Waals surface area contributed by atoms with Crippen LogP contribution in [0.1, 0.15) is 11.4 Å². The minimum absolute atomic E-state index is 0.167. The van der Waals surface area contributed by atoms with E-state index in [4.69, 9.17) is 5.11 Å². The van der Waals surface area contributed by atoms with E-state index in [-0.39, 0.29) is 12.3 Å². The summed E-state index contributed by atoms with van der Waals surface area (Å²) in [4.78, 5) is 10.2. The molecule has 3 N–H and O–H groups in total. The van der Waals surface area contributed by atoms with Crippen LogP contribution in [0.4, 0.5) is 4.79 Å². The van der Waals surface area contributed by atoms with Gasteiger partial charge >= 0.3 is 6.09 Å². The number of rotatable bonds is 3. The Labute approximate surface area is 81.2 Å². The van der Waals surface area contributed by atoms with Gasteiger partial charge in [0.2, 0.25) is 0 Å². The minimum atomic E-state index is -1.06. The highest BCUT2D eigenvalue weighted by Gasteiger charge is 2.09. The molecular weight excluding hydrogens is 186 g/mol. The Hall–Kier alpha value is -1.72. The lowest BCUT2D eigenvalue weighted by molar-refractivity contribution is 0.194. The molecule has 0 fully saturated rings. The van der Waals surface area contributed by atoms with E-state index < -0.39 is 6.09 Å². The molecule has 0 aliphatic heterocycles. The van der Waals surface area contributed by atoms with Gasteiger partial charge in [0, 0.05) is 6.54 Å². The minimum Gasteiger partial charge on any atom is -0.504 e. The fourth-order valence-corrected chi connectivity index (χ4v) is 1.17. The third-order valence-electron chi connectivity index (χ3n) is 1.94. The van der Waals surface area contributed by atoms with Crippen LogP contribution >= 0.6 is 0 Å². The molecule has 1 heterocycles. The van der Waals surface area contributed by atoms with Gasteiger partial charge in [0.25, 0.3) is 0 Å². The molecule has 0 saturated heterocycles. The second-order valence-corrected chi connectivity index (χ2v) is 2.97. The van der Waals surface area contributed by atoms with Gasteiger partial charge in [0.15, 0.2) is 5.75 Å². The molecule has 0 saturated carbocycles. The lowest BCUT2D eigenvalue weighted by atomic mass is 10.3. The van der Waals surface area contributed by atoms with Gasteiger partial charge in [-0.05, 0) is 13.8 Å². The number of aryl methyl sites for hydroxylation is 1. The monoisotopic (exact) mass is 199 g/mol. The standard InChI is InChI=1S/C8H13N3O3/c1-5-7(12)6(2)11(10-5)4-3-9-8(13)14/h9,12H,3-4H2,1-2H3,(H,13,14). The zero-order valence-electron chi connectivity index (χ0n) is 8.11. The van der Waals surface area contributed by atoms with Gasteiger partial charge in [-0.2, -0.15) is 5.10 Å². The predicted octanol–water partition coefficient (Wildman–Crippen LogP) is 0.473. The van der Waals surface area contributed by atoms with Crippen molar-refractivity contribution in [1.29, 1.82) is 0 Å². The number of amides is 1. The summed E-state index contributed by atoms with van der Waals surface area (Å²) in [6.07, 6.45) is -1.06. The number of hydrogen-bond acceptors (Lipinski definition) is 3. The van der Waals surface area contributed by atoms with Crippen molar-refractivity contribution in [2.75, 3.05) is 6.54 Å². The number of carbonyl (C=O) groups is 1. The molecule has 14 heavy (non-hydrogen) atoms. The number of nitrogens with zero attached hydrogens (tertiary/aromatic N) is 2. The van der Waals surface area contributed by atoms with E-state index in [0.29, 0.717) is 17.9 Å². The fourth-order valence-electron chi connectivity index (χ4n) is 1.17. The lowest BCUT2D eigenvalue weighted by Gasteiger charge is -2.03. The molecule has 1 aromatic heterocycles. The van der Waals surface area contributed by atoms with Crippen molar-refractivity contribution in [3.63, 3.8) is 0 Å². The molecule has 78 valence electrons. The maximum Gasteiger partial charge on any atom is 0.404 e. The van der Waals surface area contributed by atoms with Crippen LogP contribution in [-0.2, 0) is 6.54 Å². The van der Waals surface area contributed by atoms with Crippen LogP contribution in [0.25, 0.3) is 0 Å². The Morgan fingerprint density at radius 2 is 2.21 bits per heavy atom. The van der Waals surface area contributed by atoms with E-state index in [2.05, 4.69) is 10.4 Å². The van der Waals surface area contributed by atoms with Gasteiger partial charge in [0.05, 0.1) is 12.2 Å². The average molecular weight is 199 g/mol. The van der Waals surface area contributed by atoms with Crippen LogP contribution < -0.4 is 5.32 Å². The first-order chi connectivity index (χ1) is 6.52. The van der Waals surface area contributed by atoms with Crippen molar-refractivity contribution in [2.24, 2.45) is 0 Å². The smallest absolute Gasteiger partial charge is 0.404 e. The first-order valence-corrected chi connectivity index (χ1v) is 4.22. The predicted molar refractivity (Wildman–Crippen MR) is 49.4 cm³/mol. The first kappa shape index (κ1) is 10.4. The van der Waals surface area contributed by atoms with E-state index in [1.54, 1.807) is 18.5 Å². The molecule has 6 nitrogen and oxygen atoms in total. The number of aromatic hydroxyl groups is 1. The number of aromatic nitrogens is 2. The van der Waals surface area contributed by atoms with Crippen LogP contribution in [0.2, 0.25) is 0 Å². The number of carboxylic acid groups (broad SMARTS) is 1. The van der Waals surface area contributed by atoms with Gasteiger partial charge in [-0.25, -0.2) is 4.79 Å². The van der Waals surface area contributed by atoms with Crippen molar-refractivity contribution in [1.82, 2.24) is 15.1 Å². The largest absolute Gasteiger partial charge is 0.504 e. The Morgan fingerprint density at radius 3 is 2.64 bits per heavy atom. The maximum atomic E-state index is 10.2. The van der Waals surface area contributed by atoms with Gasteiger partial charge in [-0.1, -0.05) is 0 Å². The lowest BCUT2D eigenvalue weighted by Crippen LogP contribution is -2.25. The van der Waals surface area contributed by atoms with Gasteiger partial charge in [-0.3, -0.25) is 4.68 Å². The van der Waals surface area contributed by atoms with Crippen LogP contribution in [0.3, 0.4) is 0 Å². The highest BCUT2D eigenvalue weighted by Crippen LogP contribution is 2.19. The van der Waals surface area contributed by atoms with Crippen LogP contribution in [0, 0.1) is 13.8 Å². The van der Waals surface area contributed by atoms with Crippen LogP contribution in [0.15, 0.2) is 0 Å². The molecule has 1 amide bonds. The third kappa shape index (κ3) is 2.15.